The molecule has 0 aliphatic heterocycles. The fourth-order valence-electron chi connectivity index (χ4n) is 2.28. The molecule has 9 heteroatoms. The van der Waals surface area contributed by atoms with E-state index in [2.05, 4.69) is 15.6 Å². The molecule has 0 unspecified atom stereocenters. The van der Waals surface area contributed by atoms with Crippen molar-refractivity contribution in [3.05, 3.63) is 41.3 Å². The molecule has 0 bridgehead atoms. The molecule has 0 radical (unpaired) electrons. The molecule has 0 saturated heterocycles. The normalized spacial score (nSPS) is 11.2. The van der Waals surface area contributed by atoms with Crippen LogP contribution in [0.2, 0.25) is 0 Å². The van der Waals surface area contributed by atoms with Crippen molar-refractivity contribution in [1.29, 1.82) is 0 Å². The second-order valence-corrected chi connectivity index (χ2v) is 9.09. The van der Waals surface area contributed by atoms with Gasteiger partial charge in [-0.25, -0.2) is 14.6 Å². The third kappa shape index (κ3) is 5.14. The highest BCUT2D eigenvalue weighted by Crippen LogP contribution is 2.34. The van der Waals surface area contributed by atoms with Crippen LogP contribution in [-0.4, -0.2) is 35.0 Å². The lowest BCUT2D eigenvalue weighted by Crippen LogP contribution is -2.49. The van der Waals surface area contributed by atoms with Crippen molar-refractivity contribution in [2.75, 3.05) is 6.61 Å². The molecule has 28 heavy (non-hydrogen) atoms. The van der Waals surface area contributed by atoms with Gasteiger partial charge in [0.1, 0.15) is 9.88 Å². The number of imide groups is 1. The fraction of sp³-hybridized carbons (Fsp3) is 0.263. The third-order valence-corrected chi connectivity index (χ3v) is 5.66. The van der Waals surface area contributed by atoms with E-state index in [0.29, 0.717) is 4.88 Å². The number of rotatable bonds is 4. The molecule has 146 valence electrons. The van der Waals surface area contributed by atoms with Crippen LogP contribution in [0.15, 0.2) is 36.4 Å². The molecule has 2 aromatic heterocycles. The van der Waals surface area contributed by atoms with Gasteiger partial charge in [-0.2, -0.15) is 0 Å². The van der Waals surface area contributed by atoms with Gasteiger partial charge in [0.05, 0.1) is 15.1 Å². The molecule has 2 heterocycles. The zero-order valence-electron chi connectivity index (χ0n) is 15.6. The molecule has 3 amide bonds. The predicted octanol–water partition coefficient (Wildman–Crippen LogP) is 3.81. The lowest BCUT2D eigenvalue weighted by Gasteiger charge is -2.20. The highest BCUT2D eigenvalue weighted by Gasteiger charge is 2.18. The summed E-state index contributed by atoms with van der Waals surface area (Å²) in [7, 11) is 0. The van der Waals surface area contributed by atoms with E-state index in [1.807, 2.05) is 24.3 Å². The Bertz CT molecular complexity index is 1000. The van der Waals surface area contributed by atoms with Gasteiger partial charge in [0.15, 0.2) is 6.61 Å². The Morgan fingerprint density at radius 1 is 1.07 bits per heavy atom. The van der Waals surface area contributed by atoms with Crippen LogP contribution in [0, 0.1) is 0 Å². The highest BCUT2D eigenvalue weighted by atomic mass is 32.1. The van der Waals surface area contributed by atoms with E-state index in [-0.39, 0.29) is 0 Å². The minimum absolute atomic E-state index is 0.362. The van der Waals surface area contributed by atoms with Crippen molar-refractivity contribution in [3.63, 3.8) is 0 Å². The van der Waals surface area contributed by atoms with Crippen LogP contribution in [0.25, 0.3) is 20.1 Å². The Morgan fingerprint density at radius 2 is 1.82 bits per heavy atom. The van der Waals surface area contributed by atoms with Gasteiger partial charge in [0, 0.05) is 5.54 Å². The van der Waals surface area contributed by atoms with E-state index in [4.69, 9.17) is 4.74 Å². The molecule has 7 nitrogen and oxygen atoms in total. The number of nitrogens with one attached hydrogen (secondary N) is 2. The van der Waals surface area contributed by atoms with Crippen LogP contribution in [0.4, 0.5) is 4.79 Å². The van der Waals surface area contributed by atoms with E-state index >= 15 is 0 Å². The Labute approximate surface area is 169 Å². The van der Waals surface area contributed by atoms with E-state index in [1.165, 1.54) is 11.3 Å². The summed E-state index contributed by atoms with van der Waals surface area (Å²) in [5.74, 6) is -1.32. The standard InChI is InChI=1S/C19H19N3O4S2/c1-19(2,3)22-18(25)21-15(23)10-26-17(24)14-9-8-13(27-14)16-20-11-6-4-5-7-12(11)28-16/h4-9H,10H2,1-3H3,(H2,21,22,23,25). The first-order chi connectivity index (χ1) is 13.2. The lowest BCUT2D eigenvalue weighted by molar-refractivity contribution is -0.123. The number of ether oxygens (including phenoxy) is 1. The summed E-state index contributed by atoms with van der Waals surface area (Å²) in [5.41, 5.74) is 0.430. The summed E-state index contributed by atoms with van der Waals surface area (Å²) in [6.45, 7) is 4.83. The molecule has 3 aromatic rings. The number of nitrogens with zero attached hydrogens (tertiary/aromatic N) is 1. The van der Waals surface area contributed by atoms with Crippen LogP contribution in [0.5, 0.6) is 0 Å². The zero-order chi connectivity index (χ0) is 20.3. The van der Waals surface area contributed by atoms with Gasteiger partial charge >= 0.3 is 12.0 Å². The van der Waals surface area contributed by atoms with Crippen LogP contribution < -0.4 is 10.6 Å². The predicted molar refractivity (Wildman–Crippen MR) is 110 cm³/mol. The minimum Gasteiger partial charge on any atom is -0.451 e. The topological polar surface area (TPSA) is 97.4 Å². The van der Waals surface area contributed by atoms with Gasteiger partial charge in [0.2, 0.25) is 0 Å². The number of benzene rings is 1. The van der Waals surface area contributed by atoms with E-state index < -0.39 is 30.1 Å². The number of para-hydroxylation sites is 1. The van der Waals surface area contributed by atoms with Crippen molar-refractivity contribution in [2.24, 2.45) is 0 Å². The van der Waals surface area contributed by atoms with Crippen molar-refractivity contribution >= 4 is 50.8 Å². The van der Waals surface area contributed by atoms with Gasteiger partial charge in [-0.1, -0.05) is 12.1 Å². The summed E-state index contributed by atoms with van der Waals surface area (Å²) >= 11 is 2.79. The van der Waals surface area contributed by atoms with Gasteiger partial charge in [0.25, 0.3) is 5.91 Å². The minimum atomic E-state index is -0.696. The number of carbonyl (C=O) groups is 3. The van der Waals surface area contributed by atoms with Gasteiger partial charge in [-0.3, -0.25) is 10.1 Å². The first-order valence-electron chi connectivity index (χ1n) is 8.46. The molecule has 0 fully saturated rings. The number of amides is 3. The molecule has 0 atom stereocenters. The van der Waals surface area contributed by atoms with Gasteiger partial charge < -0.3 is 10.1 Å². The third-order valence-electron chi connectivity index (χ3n) is 3.39. The molecular weight excluding hydrogens is 398 g/mol. The SMILES string of the molecule is CC(C)(C)NC(=O)NC(=O)COC(=O)c1ccc(-c2nc3ccccc3s2)s1. The van der Waals surface area contributed by atoms with Crippen LogP contribution in [0.1, 0.15) is 30.4 Å². The second-order valence-electron chi connectivity index (χ2n) is 6.98. The quantitative estimate of drug-likeness (QED) is 0.629. The lowest BCUT2D eigenvalue weighted by atomic mass is 10.1. The Hall–Kier alpha value is -2.78. The molecule has 0 aliphatic carbocycles. The van der Waals surface area contributed by atoms with Crippen molar-refractivity contribution in [2.45, 2.75) is 26.3 Å². The number of urea groups is 1. The number of carbonyl (C=O) groups excluding carboxylic acids is 3. The van der Waals surface area contributed by atoms with Crippen molar-refractivity contribution in [1.82, 2.24) is 15.6 Å². The van der Waals surface area contributed by atoms with E-state index in [9.17, 15) is 14.4 Å². The van der Waals surface area contributed by atoms with Crippen LogP contribution >= 0.6 is 22.7 Å². The number of hydrogen-bond donors (Lipinski definition) is 2. The molecule has 3 rings (SSSR count). The number of esters is 1. The molecule has 0 saturated carbocycles. The van der Waals surface area contributed by atoms with E-state index in [1.54, 1.807) is 44.2 Å². The van der Waals surface area contributed by atoms with Crippen LogP contribution in [-0.2, 0) is 9.53 Å². The van der Waals surface area contributed by atoms with Crippen molar-refractivity contribution in [3.8, 4) is 9.88 Å². The Morgan fingerprint density at radius 3 is 2.54 bits per heavy atom. The maximum Gasteiger partial charge on any atom is 0.348 e. The summed E-state index contributed by atoms with van der Waals surface area (Å²) < 4.78 is 6.06. The average molecular weight is 418 g/mol. The largest absolute Gasteiger partial charge is 0.451 e. The van der Waals surface area contributed by atoms with Gasteiger partial charge in [-0.05, 0) is 45.0 Å². The summed E-state index contributed by atoms with van der Waals surface area (Å²) in [5, 5.41) is 5.53. The van der Waals surface area contributed by atoms with Crippen molar-refractivity contribution < 1.29 is 19.1 Å². The Balaban J connectivity index is 1.57. The Kier molecular flexibility index (Phi) is 5.76. The number of thiophene rings is 1. The number of hydrogen-bond acceptors (Lipinski definition) is 7. The summed E-state index contributed by atoms with van der Waals surface area (Å²) in [6, 6.07) is 10.6. The maximum absolute atomic E-state index is 12.2. The number of fused-ring (bicyclic) bond motifs is 1. The monoisotopic (exact) mass is 417 g/mol. The average Bonchev–Trinajstić information content (AvgIpc) is 3.24. The fourth-order valence-corrected chi connectivity index (χ4v) is 4.20. The molecule has 2 N–H and O–H groups in total. The molecular formula is C19H19N3O4S2. The number of thiazole rings is 1. The van der Waals surface area contributed by atoms with Gasteiger partial charge in [-0.15, -0.1) is 22.7 Å². The summed E-state index contributed by atoms with van der Waals surface area (Å²) in [6.07, 6.45) is 0. The molecule has 0 aliphatic rings. The summed E-state index contributed by atoms with van der Waals surface area (Å²) in [4.78, 5) is 41.3. The van der Waals surface area contributed by atoms with E-state index in [0.717, 1.165) is 20.1 Å². The first kappa shape index (κ1) is 20.0. The number of aromatic nitrogens is 1. The highest BCUT2D eigenvalue weighted by molar-refractivity contribution is 7.26. The zero-order valence-corrected chi connectivity index (χ0v) is 17.2. The van der Waals surface area contributed by atoms with Crippen LogP contribution in [0.3, 0.4) is 0 Å². The smallest absolute Gasteiger partial charge is 0.348 e. The first-order valence-corrected chi connectivity index (χ1v) is 10.1. The maximum atomic E-state index is 12.2. The molecule has 0 spiro atoms. The second kappa shape index (κ2) is 8.07. The molecule has 1 aromatic carbocycles.